The van der Waals surface area contributed by atoms with Crippen molar-refractivity contribution in [3.05, 3.63) is 71.4 Å². The second-order valence-electron chi connectivity index (χ2n) is 6.96. The highest BCUT2D eigenvalue weighted by Crippen LogP contribution is 2.32. The van der Waals surface area contributed by atoms with Gasteiger partial charge >= 0.3 is 0 Å². The number of aliphatic hydroxyl groups excluding tert-OH is 1. The zero-order chi connectivity index (χ0) is 15.9. The van der Waals surface area contributed by atoms with Crippen LogP contribution in [0.25, 0.3) is 10.9 Å². The number of benzene rings is 2. The van der Waals surface area contributed by atoms with Gasteiger partial charge in [0.15, 0.2) is 0 Å². The van der Waals surface area contributed by atoms with Gasteiger partial charge in [0.2, 0.25) is 0 Å². The van der Waals surface area contributed by atoms with Crippen molar-refractivity contribution in [2.75, 3.05) is 13.7 Å². The lowest BCUT2D eigenvalue weighted by molar-refractivity contribution is -0.952. The van der Waals surface area contributed by atoms with E-state index in [9.17, 15) is 5.11 Å². The van der Waals surface area contributed by atoms with Crippen LogP contribution in [0.3, 0.4) is 0 Å². The Bertz CT molecular complexity index is 811. The lowest BCUT2D eigenvalue weighted by Crippen LogP contribution is -2.50. The Morgan fingerprint density at radius 1 is 1.04 bits per heavy atom. The third kappa shape index (κ3) is 2.46. The van der Waals surface area contributed by atoms with Gasteiger partial charge in [-0.1, -0.05) is 42.5 Å². The Labute approximate surface area is 136 Å². The fourth-order valence-corrected chi connectivity index (χ4v) is 3.99. The third-order valence-electron chi connectivity index (χ3n) is 5.40. The Morgan fingerprint density at radius 2 is 1.70 bits per heavy atom. The van der Waals surface area contributed by atoms with E-state index in [0.717, 1.165) is 24.0 Å². The highest BCUT2D eigenvalue weighted by atomic mass is 16.3. The molecule has 0 spiro atoms. The summed E-state index contributed by atoms with van der Waals surface area (Å²) in [6.07, 6.45) is 2.99. The largest absolute Gasteiger partial charge is 0.390 e. The maximum atomic E-state index is 10.1. The summed E-state index contributed by atoms with van der Waals surface area (Å²) >= 11 is 0. The molecule has 0 aliphatic carbocycles. The number of aliphatic hydroxyl groups is 1. The molecule has 0 unspecified atom stereocenters. The van der Waals surface area contributed by atoms with Gasteiger partial charge in [0.25, 0.3) is 0 Å². The van der Waals surface area contributed by atoms with Crippen molar-refractivity contribution in [3.63, 3.8) is 0 Å². The van der Waals surface area contributed by atoms with Crippen LogP contribution in [0.4, 0.5) is 0 Å². The summed E-state index contributed by atoms with van der Waals surface area (Å²) in [6.45, 7) is 2.22. The lowest BCUT2D eigenvalue weighted by Gasteiger charge is -2.37. The van der Waals surface area contributed by atoms with Crippen molar-refractivity contribution in [1.82, 2.24) is 4.98 Å². The molecule has 118 valence electrons. The zero-order valence-corrected chi connectivity index (χ0v) is 13.5. The first-order valence-electron chi connectivity index (χ1n) is 8.26. The third-order valence-corrected chi connectivity index (χ3v) is 5.40. The molecular formula is C20H23N2O+. The summed E-state index contributed by atoms with van der Waals surface area (Å²) in [5.41, 5.74) is 5.32. The highest BCUT2D eigenvalue weighted by Gasteiger charge is 2.38. The van der Waals surface area contributed by atoms with E-state index in [1.54, 1.807) is 0 Å². The molecule has 2 aromatic carbocycles. The molecule has 0 saturated carbocycles. The number of H-pyrrole nitrogens is 1. The number of rotatable bonds is 4. The zero-order valence-electron chi connectivity index (χ0n) is 13.5. The number of nitrogens with one attached hydrogen (secondary N) is 1. The van der Waals surface area contributed by atoms with Gasteiger partial charge in [0.05, 0.1) is 13.7 Å². The lowest BCUT2D eigenvalue weighted by atomic mass is 10.0. The number of hydrogen-bond acceptors (Lipinski definition) is 1. The van der Waals surface area contributed by atoms with Crippen molar-refractivity contribution in [3.8, 4) is 0 Å². The topological polar surface area (TPSA) is 36.0 Å². The van der Waals surface area contributed by atoms with Crippen LogP contribution >= 0.6 is 0 Å². The van der Waals surface area contributed by atoms with Gasteiger partial charge in [-0.2, -0.15) is 0 Å². The predicted octanol–water partition coefficient (Wildman–Crippen LogP) is 3.23. The molecule has 2 N–H and O–H groups in total. The molecule has 2 heterocycles. The molecule has 1 aliphatic rings. The number of aromatic nitrogens is 1. The molecule has 0 fully saturated rings. The fourth-order valence-electron chi connectivity index (χ4n) is 3.99. The first kappa shape index (κ1) is 14.5. The molecule has 0 amide bonds. The standard InChI is InChI=1S/C20H23N2O/c1-22(12-15-6-2-3-7-16(15)13-22)18(14-23)10-17-11-21-20-9-5-4-8-19(17)20/h2-9,11,18,21,23H,10,12-14H2,1H3/q+1/t18-/m0/s1. The molecule has 3 heteroatoms. The maximum Gasteiger partial charge on any atom is 0.117 e. The van der Waals surface area contributed by atoms with Crippen molar-refractivity contribution < 1.29 is 9.59 Å². The van der Waals surface area contributed by atoms with Crippen LogP contribution < -0.4 is 0 Å². The quantitative estimate of drug-likeness (QED) is 0.713. The number of quaternary nitrogens is 1. The van der Waals surface area contributed by atoms with Crippen LogP contribution in [0, 0.1) is 0 Å². The molecule has 1 aromatic heterocycles. The Hall–Kier alpha value is -2.10. The van der Waals surface area contributed by atoms with E-state index in [0.29, 0.717) is 0 Å². The van der Waals surface area contributed by atoms with Crippen molar-refractivity contribution in [2.45, 2.75) is 25.6 Å². The van der Waals surface area contributed by atoms with E-state index >= 15 is 0 Å². The molecule has 4 rings (SSSR count). The van der Waals surface area contributed by atoms with Gasteiger partial charge in [0.1, 0.15) is 19.1 Å². The monoisotopic (exact) mass is 307 g/mol. The minimum Gasteiger partial charge on any atom is -0.390 e. The normalized spacial score (nSPS) is 17.3. The van der Waals surface area contributed by atoms with Crippen LogP contribution in [0.5, 0.6) is 0 Å². The van der Waals surface area contributed by atoms with Crippen LogP contribution in [0.1, 0.15) is 16.7 Å². The Balaban J connectivity index is 1.62. The van der Waals surface area contributed by atoms with E-state index in [-0.39, 0.29) is 12.6 Å². The van der Waals surface area contributed by atoms with Crippen molar-refractivity contribution in [2.24, 2.45) is 0 Å². The summed E-state index contributed by atoms with van der Waals surface area (Å²) < 4.78 is 0.884. The van der Waals surface area contributed by atoms with Gasteiger partial charge in [-0.05, 0) is 11.6 Å². The molecular weight excluding hydrogens is 284 g/mol. The summed E-state index contributed by atoms with van der Waals surface area (Å²) in [5.74, 6) is 0. The van der Waals surface area contributed by atoms with Crippen LogP contribution in [-0.4, -0.2) is 34.3 Å². The Morgan fingerprint density at radius 3 is 2.39 bits per heavy atom. The van der Waals surface area contributed by atoms with Gasteiger partial charge in [-0.15, -0.1) is 0 Å². The summed E-state index contributed by atoms with van der Waals surface area (Å²) in [6, 6.07) is 17.3. The predicted molar refractivity (Wildman–Crippen MR) is 92.9 cm³/mol. The first-order valence-corrected chi connectivity index (χ1v) is 8.26. The van der Waals surface area contributed by atoms with Gasteiger partial charge < -0.3 is 14.6 Å². The molecule has 1 aliphatic heterocycles. The average molecular weight is 307 g/mol. The second kappa shape index (κ2) is 5.52. The molecule has 23 heavy (non-hydrogen) atoms. The molecule has 0 bridgehead atoms. The maximum absolute atomic E-state index is 10.1. The van der Waals surface area contributed by atoms with E-state index in [1.807, 2.05) is 0 Å². The minimum absolute atomic E-state index is 0.210. The first-order chi connectivity index (χ1) is 11.2. The Kier molecular flexibility index (Phi) is 3.47. The molecule has 0 radical (unpaired) electrons. The van der Waals surface area contributed by atoms with Crippen molar-refractivity contribution in [1.29, 1.82) is 0 Å². The SMILES string of the molecule is C[N+]1([C@H](CO)Cc2c[nH]c3ccccc23)Cc2ccccc2C1. The number of likely N-dealkylation sites (N-methyl/N-ethyl adjacent to an activating group) is 1. The minimum atomic E-state index is 0.210. The number of fused-ring (bicyclic) bond motifs is 2. The van der Waals surface area contributed by atoms with E-state index in [1.165, 1.54) is 27.6 Å². The molecule has 1 atom stereocenters. The van der Waals surface area contributed by atoms with Crippen LogP contribution in [-0.2, 0) is 19.5 Å². The van der Waals surface area contributed by atoms with Gasteiger partial charge in [-0.25, -0.2) is 0 Å². The fraction of sp³-hybridized carbons (Fsp3) is 0.300. The summed E-state index contributed by atoms with van der Waals surface area (Å²) in [7, 11) is 2.27. The van der Waals surface area contributed by atoms with E-state index < -0.39 is 0 Å². The number of aromatic amines is 1. The van der Waals surface area contributed by atoms with Crippen LogP contribution in [0.2, 0.25) is 0 Å². The summed E-state index contributed by atoms with van der Waals surface area (Å²) in [4.78, 5) is 3.35. The van der Waals surface area contributed by atoms with Crippen molar-refractivity contribution >= 4 is 10.9 Å². The van der Waals surface area contributed by atoms with E-state index in [4.69, 9.17) is 0 Å². The second-order valence-corrected chi connectivity index (χ2v) is 6.96. The number of hydrogen-bond donors (Lipinski definition) is 2. The molecule has 3 nitrogen and oxygen atoms in total. The van der Waals surface area contributed by atoms with Gasteiger partial charge in [-0.3, -0.25) is 0 Å². The summed E-state index contributed by atoms with van der Waals surface area (Å²) in [5, 5.41) is 11.3. The smallest absolute Gasteiger partial charge is 0.117 e. The molecule has 3 aromatic rings. The highest BCUT2D eigenvalue weighted by molar-refractivity contribution is 5.83. The number of para-hydroxylation sites is 1. The van der Waals surface area contributed by atoms with Crippen LogP contribution in [0.15, 0.2) is 54.7 Å². The van der Waals surface area contributed by atoms with Gasteiger partial charge in [0, 0.05) is 34.6 Å². The van der Waals surface area contributed by atoms with E-state index in [2.05, 4.69) is 66.8 Å². The molecule has 0 saturated heterocycles. The average Bonchev–Trinajstić information content (AvgIpc) is 3.13. The number of nitrogens with zero attached hydrogens (tertiary/aromatic N) is 1.